The maximum atomic E-state index is 13.8. The molecule has 1 N–H and O–H groups in total. The summed E-state index contributed by atoms with van der Waals surface area (Å²) in [5.41, 5.74) is 3.97. The van der Waals surface area contributed by atoms with Crippen molar-refractivity contribution >= 4 is 11.6 Å². The van der Waals surface area contributed by atoms with Gasteiger partial charge in [-0.15, -0.1) is 0 Å². The van der Waals surface area contributed by atoms with E-state index in [9.17, 15) is 14.3 Å². The fraction of sp³-hybridized carbons (Fsp3) is 0.458. The van der Waals surface area contributed by atoms with Gasteiger partial charge in [0.2, 0.25) is 5.91 Å². The van der Waals surface area contributed by atoms with Gasteiger partial charge in [-0.3, -0.25) is 4.79 Å². The van der Waals surface area contributed by atoms with Crippen molar-refractivity contribution in [2.24, 2.45) is 11.8 Å². The normalized spacial score (nSPS) is 26.1. The highest BCUT2D eigenvalue weighted by Crippen LogP contribution is 2.50. The molecule has 2 fully saturated rings. The maximum Gasteiger partial charge on any atom is 0.226 e. The number of amides is 1. The van der Waals surface area contributed by atoms with E-state index in [1.54, 1.807) is 12.1 Å². The van der Waals surface area contributed by atoms with Crippen LogP contribution in [0.25, 0.3) is 11.1 Å². The minimum atomic E-state index is -0.252. The number of fused-ring (bicyclic) bond motifs is 3. The first kappa shape index (κ1) is 18.6. The summed E-state index contributed by atoms with van der Waals surface area (Å²) < 4.78 is 13.8. The van der Waals surface area contributed by atoms with E-state index in [-0.39, 0.29) is 42.3 Å². The highest BCUT2D eigenvalue weighted by molar-refractivity contribution is 5.81. The third kappa shape index (κ3) is 2.94. The zero-order valence-electron chi connectivity index (χ0n) is 16.7. The van der Waals surface area contributed by atoms with Crippen LogP contribution in [-0.2, 0) is 4.79 Å². The van der Waals surface area contributed by atoms with Crippen LogP contribution in [0.3, 0.4) is 0 Å². The molecule has 152 valence electrons. The number of aliphatic hydroxyl groups excluding tert-OH is 1. The Morgan fingerprint density at radius 3 is 2.62 bits per heavy atom. The molecule has 1 aliphatic carbocycles. The van der Waals surface area contributed by atoms with Crippen molar-refractivity contribution < 1.29 is 14.3 Å². The van der Waals surface area contributed by atoms with E-state index < -0.39 is 0 Å². The Bertz CT molecular complexity index is 942. The molecule has 29 heavy (non-hydrogen) atoms. The standard InChI is InChI=1S/C24H27FN2O2/c1-26-21-9-8-17(16-6-3-7-18(25)12-16)13-20(21)23-19(22(26)14-28)10-11-27(23)24(29)15-4-2-5-15/h3,6-9,12-13,15,19,22-23,28H,2,4-5,10-11,14H2,1H3/t19-,22-,23-/m1/s1. The molecule has 2 aromatic rings. The lowest BCUT2D eigenvalue weighted by Crippen LogP contribution is -2.49. The first-order chi connectivity index (χ1) is 14.1. The van der Waals surface area contributed by atoms with Crippen LogP contribution in [0, 0.1) is 17.7 Å². The van der Waals surface area contributed by atoms with E-state index in [0.717, 1.165) is 54.6 Å². The fourth-order valence-corrected chi connectivity index (χ4v) is 5.44. The van der Waals surface area contributed by atoms with Crippen molar-refractivity contribution in [1.82, 2.24) is 4.90 Å². The van der Waals surface area contributed by atoms with Crippen molar-refractivity contribution in [1.29, 1.82) is 0 Å². The van der Waals surface area contributed by atoms with Gasteiger partial charge in [-0.1, -0.05) is 24.6 Å². The number of aliphatic hydroxyl groups is 1. The zero-order chi connectivity index (χ0) is 20.1. The van der Waals surface area contributed by atoms with Gasteiger partial charge in [-0.25, -0.2) is 4.39 Å². The third-order valence-electron chi connectivity index (χ3n) is 7.25. The average molecular weight is 394 g/mol. The summed E-state index contributed by atoms with van der Waals surface area (Å²) in [7, 11) is 2.02. The summed E-state index contributed by atoms with van der Waals surface area (Å²) >= 11 is 0. The Kier molecular flexibility index (Phi) is 4.58. The van der Waals surface area contributed by atoms with Gasteiger partial charge in [0.05, 0.1) is 18.7 Å². The highest BCUT2D eigenvalue weighted by atomic mass is 19.1. The summed E-state index contributed by atoms with van der Waals surface area (Å²) in [6, 6.07) is 12.8. The molecule has 0 spiro atoms. The zero-order valence-corrected chi connectivity index (χ0v) is 16.7. The monoisotopic (exact) mass is 394 g/mol. The Balaban J connectivity index is 1.59. The number of likely N-dealkylation sites (N-methyl/N-ethyl adjacent to an activating group) is 1. The summed E-state index contributed by atoms with van der Waals surface area (Å²) in [4.78, 5) is 17.4. The lowest BCUT2D eigenvalue weighted by Gasteiger charge is -2.45. The van der Waals surface area contributed by atoms with E-state index in [1.165, 1.54) is 6.07 Å². The molecule has 0 aromatic heterocycles. The molecule has 3 atom stereocenters. The first-order valence-corrected chi connectivity index (χ1v) is 10.6. The number of rotatable bonds is 3. The molecular formula is C24H27FN2O2. The van der Waals surface area contributed by atoms with Crippen LogP contribution in [0.4, 0.5) is 10.1 Å². The van der Waals surface area contributed by atoms with Gasteiger partial charge in [0.1, 0.15) is 5.82 Å². The number of anilines is 1. The molecule has 0 unspecified atom stereocenters. The number of nitrogens with zero attached hydrogens (tertiary/aromatic N) is 2. The predicted octanol–water partition coefficient (Wildman–Crippen LogP) is 3.99. The van der Waals surface area contributed by atoms with Crippen LogP contribution in [0.1, 0.15) is 37.3 Å². The lowest BCUT2D eigenvalue weighted by molar-refractivity contribution is -0.139. The van der Waals surface area contributed by atoms with Gasteiger partial charge in [-0.2, -0.15) is 0 Å². The second-order valence-corrected chi connectivity index (χ2v) is 8.70. The third-order valence-corrected chi connectivity index (χ3v) is 7.25. The fourth-order valence-electron chi connectivity index (χ4n) is 5.44. The maximum absolute atomic E-state index is 13.8. The minimum Gasteiger partial charge on any atom is -0.394 e. The largest absolute Gasteiger partial charge is 0.394 e. The number of hydrogen-bond acceptors (Lipinski definition) is 3. The SMILES string of the molecule is CN1c2ccc(-c3cccc(F)c3)cc2[C@H]2[C@H](CCN2C(=O)C2CCC2)[C@H]1CO. The van der Waals surface area contributed by atoms with Crippen molar-refractivity contribution in [3.05, 3.63) is 53.8 Å². The second kappa shape index (κ2) is 7.13. The van der Waals surface area contributed by atoms with Crippen LogP contribution >= 0.6 is 0 Å². The van der Waals surface area contributed by atoms with Crippen molar-refractivity contribution in [3.63, 3.8) is 0 Å². The molecule has 4 nitrogen and oxygen atoms in total. The first-order valence-electron chi connectivity index (χ1n) is 10.6. The van der Waals surface area contributed by atoms with Crippen LogP contribution < -0.4 is 4.90 Å². The van der Waals surface area contributed by atoms with E-state index in [4.69, 9.17) is 0 Å². The van der Waals surface area contributed by atoms with Crippen molar-refractivity contribution in [2.45, 2.75) is 37.8 Å². The lowest BCUT2D eigenvalue weighted by atomic mass is 9.80. The Morgan fingerprint density at radius 2 is 1.93 bits per heavy atom. The van der Waals surface area contributed by atoms with Crippen LogP contribution in [0.5, 0.6) is 0 Å². The number of likely N-dealkylation sites (tertiary alicyclic amines) is 1. The van der Waals surface area contributed by atoms with Gasteiger partial charge >= 0.3 is 0 Å². The minimum absolute atomic E-state index is 0.00621. The molecule has 1 saturated carbocycles. The number of carbonyl (C=O) groups is 1. The van der Waals surface area contributed by atoms with Crippen LogP contribution in [-0.4, -0.2) is 42.2 Å². The number of hydrogen-bond donors (Lipinski definition) is 1. The summed E-state index contributed by atoms with van der Waals surface area (Å²) in [6.07, 6.45) is 4.03. The quantitative estimate of drug-likeness (QED) is 0.856. The predicted molar refractivity (Wildman–Crippen MR) is 111 cm³/mol. The molecule has 1 amide bonds. The molecule has 5 rings (SSSR count). The van der Waals surface area contributed by atoms with Crippen LogP contribution in [0.15, 0.2) is 42.5 Å². The van der Waals surface area contributed by atoms with Gasteiger partial charge in [-0.05, 0) is 60.2 Å². The van der Waals surface area contributed by atoms with E-state index in [1.807, 2.05) is 19.2 Å². The van der Waals surface area contributed by atoms with Gasteiger partial charge in [0.15, 0.2) is 0 Å². The molecule has 2 heterocycles. The van der Waals surface area contributed by atoms with Crippen LogP contribution in [0.2, 0.25) is 0 Å². The van der Waals surface area contributed by atoms with E-state index >= 15 is 0 Å². The molecule has 2 aliphatic heterocycles. The molecule has 5 heteroatoms. The Hall–Kier alpha value is -2.40. The van der Waals surface area contributed by atoms with E-state index in [0.29, 0.717) is 0 Å². The second-order valence-electron chi connectivity index (χ2n) is 8.70. The van der Waals surface area contributed by atoms with Gasteiger partial charge in [0, 0.05) is 31.1 Å². The highest BCUT2D eigenvalue weighted by Gasteiger charge is 2.48. The van der Waals surface area contributed by atoms with Crippen molar-refractivity contribution in [3.8, 4) is 11.1 Å². The van der Waals surface area contributed by atoms with Crippen molar-refractivity contribution in [2.75, 3.05) is 25.1 Å². The molecule has 0 bridgehead atoms. The smallest absolute Gasteiger partial charge is 0.226 e. The number of halogens is 1. The molecule has 2 aromatic carbocycles. The Morgan fingerprint density at radius 1 is 1.14 bits per heavy atom. The average Bonchev–Trinajstić information content (AvgIpc) is 3.12. The number of benzene rings is 2. The number of carbonyl (C=O) groups excluding carboxylic acids is 1. The summed E-state index contributed by atoms with van der Waals surface area (Å²) in [5, 5.41) is 10.1. The summed E-state index contributed by atoms with van der Waals surface area (Å²) in [5.74, 6) is 0.394. The topological polar surface area (TPSA) is 43.8 Å². The molecule has 0 radical (unpaired) electrons. The molecule has 3 aliphatic rings. The molecular weight excluding hydrogens is 367 g/mol. The van der Waals surface area contributed by atoms with Gasteiger partial charge in [0.25, 0.3) is 0 Å². The van der Waals surface area contributed by atoms with Gasteiger partial charge < -0.3 is 14.9 Å². The molecule has 1 saturated heterocycles. The van der Waals surface area contributed by atoms with E-state index in [2.05, 4.69) is 21.9 Å². The summed E-state index contributed by atoms with van der Waals surface area (Å²) in [6.45, 7) is 0.826. The Labute approximate surface area is 170 Å².